The highest BCUT2D eigenvalue weighted by atomic mass is 35.5. The Balaban J connectivity index is 2.54. The Kier molecular flexibility index (Phi) is 6.04. The molecule has 0 aliphatic rings. The van der Waals surface area contributed by atoms with E-state index in [1.807, 2.05) is 10.6 Å². The molecule has 0 spiro atoms. The fraction of sp³-hybridized carbons (Fsp3) is 0.250. The summed E-state index contributed by atoms with van der Waals surface area (Å²) in [6.07, 6.45) is -0.340. The summed E-state index contributed by atoms with van der Waals surface area (Å²) in [4.78, 5) is 33.0. The van der Waals surface area contributed by atoms with Crippen LogP contribution in [0.4, 0.5) is 19.3 Å². The molecule has 0 saturated heterocycles. The van der Waals surface area contributed by atoms with Crippen molar-refractivity contribution in [3.63, 3.8) is 0 Å². The average molecular weight is 321 g/mol. The van der Waals surface area contributed by atoms with Gasteiger partial charge in [-0.15, -0.1) is 0 Å². The molecule has 3 N–H and O–H groups in total. The van der Waals surface area contributed by atoms with Crippen molar-refractivity contribution in [3.05, 3.63) is 28.8 Å². The molecule has 0 aliphatic heterocycles. The number of halogens is 3. The topological polar surface area (TPSA) is 95.5 Å². The van der Waals surface area contributed by atoms with Gasteiger partial charge in [-0.1, -0.05) is 11.6 Å². The lowest BCUT2D eigenvalue weighted by molar-refractivity contribution is -0.137. The van der Waals surface area contributed by atoms with Gasteiger partial charge in [0.05, 0.1) is 10.7 Å². The molecular formula is C12H11ClF2N2O4. The van der Waals surface area contributed by atoms with Crippen molar-refractivity contribution in [3.8, 4) is 0 Å². The Labute approximate surface area is 123 Å². The SMILES string of the molecule is O=C(O)CCCC(=O)NC(=O)Nc1c(F)cc(F)cc1Cl. The summed E-state index contributed by atoms with van der Waals surface area (Å²) < 4.78 is 26.2. The smallest absolute Gasteiger partial charge is 0.326 e. The number of carboxylic acid groups (broad SMARTS) is 1. The Morgan fingerprint density at radius 3 is 2.43 bits per heavy atom. The van der Waals surface area contributed by atoms with Crippen LogP contribution in [0.5, 0.6) is 0 Å². The number of hydrogen-bond donors (Lipinski definition) is 3. The van der Waals surface area contributed by atoms with Gasteiger partial charge in [-0.3, -0.25) is 14.9 Å². The highest BCUT2D eigenvalue weighted by molar-refractivity contribution is 6.33. The molecule has 0 aliphatic carbocycles. The molecule has 6 nitrogen and oxygen atoms in total. The number of rotatable bonds is 5. The molecule has 1 aromatic rings. The number of amides is 3. The van der Waals surface area contributed by atoms with Crippen LogP contribution in [0, 0.1) is 11.6 Å². The first-order chi connectivity index (χ1) is 9.79. The first kappa shape index (κ1) is 16.8. The van der Waals surface area contributed by atoms with Crippen LogP contribution >= 0.6 is 11.6 Å². The number of carbonyl (C=O) groups is 3. The van der Waals surface area contributed by atoms with Crippen LogP contribution in [-0.4, -0.2) is 23.0 Å². The lowest BCUT2D eigenvalue weighted by atomic mass is 10.2. The minimum Gasteiger partial charge on any atom is -0.481 e. The van der Waals surface area contributed by atoms with Gasteiger partial charge in [0.15, 0.2) is 5.82 Å². The Morgan fingerprint density at radius 1 is 1.19 bits per heavy atom. The second kappa shape index (κ2) is 7.53. The normalized spacial score (nSPS) is 10.0. The largest absolute Gasteiger partial charge is 0.481 e. The molecule has 0 bridgehead atoms. The van der Waals surface area contributed by atoms with Crippen LogP contribution in [0.25, 0.3) is 0 Å². The molecule has 3 amide bonds. The van der Waals surface area contributed by atoms with Gasteiger partial charge in [-0.25, -0.2) is 13.6 Å². The van der Waals surface area contributed by atoms with E-state index in [-0.39, 0.29) is 24.3 Å². The summed E-state index contributed by atoms with van der Waals surface area (Å²) >= 11 is 5.56. The van der Waals surface area contributed by atoms with E-state index in [2.05, 4.69) is 0 Å². The Morgan fingerprint density at radius 2 is 1.86 bits per heavy atom. The molecule has 114 valence electrons. The zero-order chi connectivity index (χ0) is 16.0. The van der Waals surface area contributed by atoms with Gasteiger partial charge in [0.1, 0.15) is 5.82 Å². The summed E-state index contributed by atoms with van der Waals surface area (Å²) in [6.45, 7) is 0. The Hall–Kier alpha value is -2.22. The maximum absolute atomic E-state index is 13.4. The van der Waals surface area contributed by atoms with Crippen LogP contribution in [0.1, 0.15) is 19.3 Å². The van der Waals surface area contributed by atoms with Gasteiger partial charge in [-0.05, 0) is 12.5 Å². The van der Waals surface area contributed by atoms with E-state index >= 15 is 0 Å². The highest BCUT2D eigenvalue weighted by Crippen LogP contribution is 2.26. The average Bonchev–Trinajstić information content (AvgIpc) is 2.33. The minimum absolute atomic E-state index is 0.0557. The molecule has 1 aromatic carbocycles. The van der Waals surface area contributed by atoms with Crippen molar-refractivity contribution in [2.45, 2.75) is 19.3 Å². The molecule has 0 heterocycles. The van der Waals surface area contributed by atoms with Crippen LogP contribution in [0.3, 0.4) is 0 Å². The number of aliphatic carboxylic acids is 1. The summed E-state index contributed by atoms with van der Waals surface area (Å²) in [5.74, 6) is -3.79. The molecule has 0 radical (unpaired) electrons. The second-order valence-electron chi connectivity index (χ2n) is 3.99. The molecule has 9 heteroatoms. The monoisotopic (exact) mass is 320 g/mol. The summed E-state index contributed by atoms with van der Waals surface area (Å²) in [7, 11) is 0. The van der Waals surface area contributed by atoms with Crippen LogP contribution in [-0.2, 0) is 9.59 Å². The molecule has 0 unspecified atom stereocenters. The number of imide groups is 1. The van der Waals surface area contributed by atoms with Gasteiger partial charge in [0.2, 0.25) is 5.91 Å². The molecule has 21 heavy (non-hydrogen) atoms. The van der Waals surface area contributed by atoms with E-state index < -0.39 is 35.2 Å². The summed E-state index contributed by atoms with van der Waals surface area (Å²) in [5, 5.41) is 11.9. The van der Waals surface area contributed by atoms with Crippen LogP contribution in [0.2, 0.25) is 5.02 Å². The predicted molar refractivity (Wildman–Crippen MR) is 70.0 cm³/mol. The molecular weight excluding hydrogens is 310 g/mol. The first-order valence-corrected chi connectivity index (χ1v) is 6.14. The highest BCUT2D eigenvalue weighted by Gasteiger charge is 2.14. The van der Waals surface area contributed by atoms with Crippen molar-refractivity contribution in [2.24, 2.45) is 0 Å². The third kappa shape index (κ3) is 5.74. The second-order valence-corrected chi connectivity index (χ2v) is 4.40. The van der Waals surface area contributed by atoms with Gasteiger partial charge >= 0.3 is 12.0 Å². The maximum Gasteiger partial charge on any atom is 0.326 e. The first-order valence-electron chi connectivity index (χ1n) is 5.76. The number of carboxylic acids is 1. The van der Waals surface area contributed by atoms with Crippen molar-refractivity contribution < 1.29 is 28.3 Å². The molecule has 0 aromatic heterocycles. The third-order valence-corrected chi connectivity index (χ3v) is 2.59. The quantitative estimate of drug-likeness (QED) is 0.776. The van der Waals surface area contributed by atoms with E-state index in [9.17, 15) is 23.2 Å². The van der Waals surface area contributed by atoms with E-state index in [0.29, 0.717) is 6.07 Å². The van der Waals surface area contributed by atoms with Crippen molar-refractivity contribution in [1.29, 1.82) is 0 Å². The number of carbonyl (C=O) groups excluding carboxylic acids is 2. The van der Waals surface area contributed by atoms with Crippen LogP contribution in [0.15, 0.2) is 12.1 Å². The molecule has 0 saturated carbocycles. The number of urea groups is 1. The van der Waals surface area contributed by atoms with Gasteiger partial charge < -0.3 is 10.4 Å². The molecule has 1 rings (SSSR count). The van der Waals surface area contributed by atoms with Crippen molar-refractivity contribution in [1.82, 2.24) is 5.32 Å². The number of hydrogen-bond acceptors (Lipinski definition) is 3. The van der Waals surface area contributed by atoms with E-state index in [1.54, 1.807) is 0 Å². The zero-order valence-electron chi connectivity index (χ0n) is 10.6. The zero-order valence-corrected chi connectivity index (χ0v) is 11.3. The van der Waals surface area contributed by atoms with Gasteiger partial charge in [-0.2, -0.15) is 0 Å². The van der Waals surface area contributed by atoms with Gasteiger partial charge in [0.25, 0.3) is 0 Å². The number of benzene rings is 1. The predicted octanol–water partition coefficient (Wildman–Crippen LogP) is 2.52. The lowest BCUT2D eigenvalue weighted by Gasteiger charge is -2.09. The summed E-state index contributed by atoms with van der Waals surface area (Å²) in [6, 6.07) is 0.271. The lowest BCUT2D eigenvalue weighted by Crippen LogP contribution is -2.34. The van der Waals surface area contributed by atoms with E-state index in [0.717, 1.165) is 6.07 Å². The minimum atomic E-state index is -1.09. The van der Waals surface area contributed by atoms with E-state index in [4.69, 9.17) is 16.7 Å². The standard InChI is InChI=1S/C12H11ClF2N2O4/c13-7-4-6(14)5-8(15)11(7)17-12(21)16-9(18)2-1-3-10(19)20/h4-5H,1-3H2,(H,19,20)(H2,16,17,18,21). The van der Waals surface area contributed by atoms with Crippen LogP contribution < -0.4 is 10.6 Å². The molecule has 0 fully saturated rings. The fourth-order valence-electron chi connectivity index (χ4n) is 1.40. The summed E-state index contributed by atoms with van der Waals surface area (Å²) in [5.41, 5.74) is -0.464. The third-order valence-electron chi connectivity index (χ3n) is 2.29. The van der Waals surface area contributed by atoms with E-state index in [1.165, 1.54) is 0 Å². The van der Waals surface area contributed by atoms with Crippen molar-refractivity contribution >= 4 is 35.2 Å². The molecule has 0 atom stereocenters. The van der Waals surface area contributed by atoms with Crippen molar-refractivity contribution in [2.75, 3.05) is 5.32 Å². The Bertz CT molecular complexity index is 557. The fourth-order valence-corrected chi connectivity index (χ4v) is 1.64. The number of anilines is 1. The maximum atomic E-state index is 13.4. The van der Waals surface area contributed by atoms with Gasteiger partial charge in [0, 0.05) is 18.9 Å². The number of nitrogens with one attached hydrogen (secondary N) is 2.